The molecule has 2 heterocycles. The molecular formula is C38H32N10O2. The van der Waals surface area contributed by atoms with Crippen LogP contribution in [0.15, 0.2) is 166 Å². The Kier molecular flexibility index (Phi) is 9.31. The van der Waals surface area contributed by atoms with Gasteiger partial charge < -0.3 is 9.47 Å². The number of anilines is 4. The Morgan fingerprint density at radius 2 is 0.660 bits per heavy atom. The fourth-order valence-corrected chi connectivity index (χ4v) is 5.22. The second kappa shape index (κ2) is 14.8. The van der Waals surface area contributed by atoms with Crippen LogP contribution in [-0.4, -0.2) is 34.6 Å². The van der Waals surface area contributed by atoms with Gasteiger partial charge in [-0.15, -0.1) is 0 Å². The summed E-state index contributed by atoms with van der Waals surface area (Å²) in [7, 11) is 0. The maximum atomic E-state index is 8.65. The fourth-order valence-electron chi connectivity index (χ4n) is 5.22. The molecule has 12 nitrogen and oxygen atoms in total. The Labute approximate surface area is 288 Å². The zero-order chi connectivity index (χ0) is 34.1. The predicted molar refractivity (Wildman–Crippen MR) is 200 cm³/mol. The number of para-hydroxylation sites is 4. The Bertz CT molecular complexity index is 1930. The topological polar surface area (TPSA) is 164 Å². The van der Waals surface area contributed by atoms with Crippen LogP contribution in [0.1, 0.15) is 23.3 Å². The van der Waals surface area contributed by atoms with Gasteiger partial charge in [0, 0.05) is 0 Å². The first kappa shape index (κ1) is 31.5. The fraction of sp³-hybridized carbons (Fsp3) is 0.0526. The summed E-state index contributed by atoms with van der Waals surface area (Å²) < 4.78 is 12.1. The molecule has 0 aliphatic carbocycles. The lowest BCUT2D eigenvalue weighted by Gasteiger charge is -2.14. The van der Waals surface area contributed by atoms with Crippen LogP contribution in [0, 0.1) is 10.8 Å². The summed E-state index contributed by atoms with van der Waals surface area (Å²) in [5, 5.41) is 35.6. The molecule has 5 aromatic rings. The van der Waals surface area contributed by atoms with Crippen molar-refractivity contribution < 1.29 is 9.47 Å². The van der Waals surface area contributed by atoms with Crippen molar-refractivity contribution in [3.63, 3.8) is 0 Å². The molecule has 0 spiro atoms. The minimum Gasteiger partial charge on any atom is -0.461 e. The van der Waals surface area contributed by atoms with Gasteiger partial charge in [0.25, 0.3) is 0 Å². The first-order valence-electron chi connectivity index (χ1n) is 15.8. The second-order valence-corrected chi connectivity index (χ2v) is 11.1. The quantitative estimate of drug-likeness (QED) is 0.0843. The van der Waals surface area contributed by atoms with E-state index in [1.165, 1.54) is 0 Å². The van der Waals surface area contributed by atoms with E-state index >= 15 is 0 Å². The number of ether oxygens (including phenoxy) is 2. The van der Waals surface area contributed by atoms with Crippen molar-refractivity contribution >= 4 is 57.4 Å². The highest BCUT2D eigenvalue weighted by Crippen LogP contribution is 2.32. The van der Waals surface area contributed by atoms with Gasteiger partial charge in [0.15, 0.2) is 23.6 Å². The van der Waals surface area contributed by atoms with Gasteiger partial charge >= 0.3 is 0 Å². The molecule has 2 aliphatic heterocycles. The van der Waals surface area contributed by atoms with E-state index in [1.807, 2.05) is 146 Å². The van der Waals surface area contributed by atoms with Crippen LogP contribution in [0.2, 0.25) is 0 Å². The molecule has 5 aromatic carbocycles. The zero-order valence-corrected chi connectivity index (χ0v) is 26.6. The molecule has 0 radical (unpaired) electrons. The maximum Gasteiger partial charge on any atom is 0.237 e. The Balaban J connectivity index is 1.18. The Hall–Kier alpha value is -7.08. The highest BCUT2D eigenvalue weighted by atomic mass is 16.5. The smallest absolute Gasteiger partial charge is 0.237 e. The van der Waals surface area contributed by atoms with Crippen LogP contribution >= 0.6 is 0 Å². The molecule has 7 rings (SSSR count). The van der Waals surface area contributed by atoms with E-state index in [4.69, 9.17) is 20.3 Å². The third-order valence-corrected chi connectivity index (χ3v) is 7.73. The van der Waals surface area contributed by atoms with Crippen molar-refractivity contribution in [1.29, 1.82) is 10.8 Å². The molecule has 0 amide bonds. The summed E-state index contributed by atoms with van der Waals surface area (Å²) >= 11 is 0. The number of hydrogen-bond acceptors (Lipinski definition) is 12. The number of nitrogens with zero attached hydrogens (tertiary/aromatic N) is 4. The van der Waals surface area contributed by atoms with Gasteiger partial charge in [0.05, 0.1) is 22.7 Å². The molecule has 0 aromatic heterocycles. The number of benzene rings is 5. The predicted octanol–water partition coefficient (Wildman–Crippen LogP) is 7.66. The van der Waals surface area contributed by atoms with E-state index in [-0.39, 0.29) is 23.2 Å². The second-order valence-electron chi connectivity index (χ2n) is 11.1. The lowest BCUT2D eigenvalue weighted by atomic mass is 9.98. The molecule has 12 heteroatoms. The Morgan fingerprint density at radius 1 is 0.380 bits per heavy atom. The minimum atomic E-state index is -0.716. The van der Waals surface area contributed by atoms with Crippen LogP contribution in [0.4, 0.5) is 22.7 Å². The third kappa shape index (κ3) is 7.24. The van der Waals surface area contributed by atoms with E-state index in [1.54, 1.807) is 0 Å². The third-order valence-electron chi connectivity index (χ3n) is 7.73. The standard InChI is InChI=1S/C38H32N10O2/c39-37-33(47-43-29-17-9-3-10-18-29)31(45-41-27-13-5-1-6-14-27)35(49-37)25-21-23-26(24-22-25)36-32(46-42-28-15-7-2-8-16-28)34(38(40)50-36)48-44-30-19-11-4-12-20-30/h1-24,35-36,39-44H/b39-37?,40-38?,45-31+,46-32+,47-33+,48-34+/t35-,36-/m1/s1. The average molecular weight is 661 g/mol. The molecule has 50 heavy (non-hydrogen) atoms. The molecule has 2 fully saturated rings. The number of rotatable bonds is 10. The highest BCUT2D eigenvalue weighted by Gasteiger charge is 2.39. The van der Waals surface area contributed by atoms with Gasteiger partial charge in [-0.05, 0) is 59.7 Å². The highest BCUT2D eigenvalue weighted by molar-refractivity contribution is 6.70. The number of hydrazone groups is 4. The van der Waals surface area contributed by atoms with E-state index in [0.717, 1.165) is 33.9 Å². The summed E-state index contributed by atoms with van der Waals surface area (Å²) in [5.41, 5.74) is 18.1. The van der Waals surface area contributed by atoms with Gasteiger partial charge in [-0.3, -0.25) is 32.5 Å². The van der Waals surface area contributed by atoms with E-state index in [2.05, 4.69) is 42.1 Å². The lowest BCUT2D eigenvalue weighted by molar-refractivity contribution is 0.271. The lowest BCUT2D eigenvalue weighted by Crippen LogP contribution is -2.20. The summed E-state index contributed by atoms with van der Waals surface area (Å²) in [6.07, 6.45) is -1.43. The van der Waals surface area contributed by atoms with Crippen LogP contribution in [0.3, 0.4) is 0 Å². The first-order chi connectivity index (χ1) is 24.6. The van der Waals surface area contributed by atoms with Gasteiger partial charge in [-0.25, -0.2) is 0 Å². The minimum absolute atomic E-state index is 0.114. The molecule has 2 saturated heterocycles. The monoisotopic (exact) mass is 660 g/mol. The van der Waals surface area contributed by atoms with E-state index < -0.39 is 12.2 Å². The maximum absolute atomic E-state index is 8.65. The summed E-state index contributed by atoms with van der Waals surface area (Å²) in [5.74, 6) is -0.228. The number of hydrogen-bond donors (Lipinski definition) is 6. The molecule has 0 bridgehead atoms. The SMILES string of the molecule is N=C1O[C@H](c2ccc([C@H]3OC(=N)C(=N/Nc4ccccc4)/C3=N\Nc3ccccc3)cc2)C(=N/Nc2ccccc2)/C1=N\Nc1ccccc1. The summed E-state index contributed by atoms with van der Waals surface area (Å²) in [6, 6.07) is 45.5. The van der Waals surface area contributed by atoms with Crippen molar-refractivity contribution in [2.75, 3.05) is 21.7 Å². The van der Waals surface area contributed by atoms with Crippen molar-refractivity contribution in [3.05, 3.63) is 157 Å². The summed E-state index contributed by atoms with van der Waals surface area (Å²) in [6.45, 7) is 0. The van der Waals surface area contributed by atoms with Crippen LogP contribution in [-0.2, 0) is 9.47 Å². The van der Waals surface area contributed by atoms with Crippen molar-refractivity contribution in [3.8, 4) is 0 Å². The van der Waals surface area contributed by atoms with E-state index in [9.17, 15) is 0 Å². The van der Waals surface area contributed by atoms with Gasteiger partial charge in [0.2, 0.25) is 11.8 Å². The van der Waals surface area contributed by atoms with Gasteiger partial charge in [-0.2, -0.15) is 20.4 Å². The molecule has 0 unspecified atom stereocenters. The molecule has 2 aliphatic rings. The molecule has 2 atom stereocenters. The van der Waals surface area contributed by atoms with E-state index in [0.29, 0.717) is 11.4 Å². The Morgan fingerprint density at radius 3 is 0.960 bits per heavy atom. The van der Waals surface area contributed by atoms with Gasteiger partial charge in [0.1, 0.15) is 11.4 Å². The molecular weight excluding hydrogens is 628 g/mol. The molecule has 0 saturated carbocycles. The first-order valence-corrected chi connectivity index (χ1v) is 15.8. The largest absolute Gasteiger partial charge is 0.461 e. The van der Waals surface area contributed by atoms with Crippen molar-refractivity contribution in [1.82, 2.24) is 0 Å². The van der Waals surface area contributed by atoms with Crippen LogP contribution in [0.25, 0.3) is 0 Å². The summed E-state index contributed by atoms with van der Waals surface area (Å²) in [4.78, 5) is 0. The molecule has 6 N–H and O–H groups in total. The van der Waals surface area contributed by atoms with Crippen molar-refractivity contribution in [2.24, 2.45) is 20.4 Å². The zero-order valence-electron chi connectivity index (χ0n) is 26.6. The van der Waals surface area contributed by atoms with Crippen molar-refractivity contribution in [2.45, 2.75) is 12.2 Å². The average Bonchev–Trinajstić information content (AvgIpc) is 3.67. The van der Waals surface area contributed by atoms with Crippen LogP contribution in [0.5, 0.6) is 0 Å². The van der Waals surface area contributed by atoms with Crippen LogP contribution < -0.4 is 21.7 Å². The normalized spacial score (nSPS) is 20.2. The number of nitrogens with one attached hydrogen (secondary N) is 6. The van der Waals surface area contributed by atoms with Gasteiger partial charge in [-0.1, -0.05) is 97.1 Å². The molecule has 246 valence electrons.